The van der Waals surface area contributed by atoms with Gasteiger partial charge in [-0.25, -0.2) is 9.78 Å². The van der Waals surface area contributed by atoms with Crippen molar-refractivity contribution in [2.75, 3.05) is 44.7 Å². The molecule has 0 unspecified atom stereocenters. The molecule has 2 aromatic heterocycles. The molecule has 2 aromatic carbocycles. The molecule has 1 aliphatic rings. The third-order valence-corrected chi connectivity index (χ3v) is 6.37. The van der Waals surface area contributed by atoms with Crippen molar-refractivity contribution in [3.05, 3.63) is 78.6 Å². The number of aromatic nitrogens is 2. The Morgan fingerprint density at radius 1 is 1.00 bits per heavy atom. The number of morpholine rings is 1. The van der Waals surface area contributed by atoms with E-state index in [9.17, 15) is 4.79 Å². The van der Waals surface area contributed by atoms with Gasteiger partial charge in [0.2, 0.25) is 0 Å². The third kappa shape index (κ3) is 5.53. The van der Waals surface area contributed by atoms with Gasteiger partial charge in [0.1, 0.15) is 5.65 Å². The minimum absolute atomic E-state index is 0.209. The van der Waals surface area contributed by atoms with Crippen LogP contribution in [0.15, 0.2) is 73.1 Å². The summed E-state index contributed by atoms with van der Waals surface area (Å²) in [5.74, 6) is 0. The maximum atomic E-state index is 11.9. The van der Waals surface area contributed by atoms with Crippen LogP contribution in [-0.4, -0.2) is 59.7 Å². The number of hydrogen-bond acceptors (Lipinski definition) is 4. The van der Waals surface area contributed by atoms with Crippen molar-refractivity contribution >= 4 is 17.4 Å². The highest BCUT2D eigenvalue weighted by atomic mass is 16.5. The number of fused-ring (bicyclic) bond motifs is 1. The van der Waals surface area contributed by atoms with E-state index in [1.165, 1.54) is 11.1 Å². The monoisotopic (exact) mass is 469 g/mol. The standard InChI is InChI=1S/C28H31N5O2/c1-2-29-28(34)31-25-5-3-4-24(18-25)26-20-30-27-19-23(11-13-33(26)27)22-8-6-21(7-9-22)10-12-32-14-16-35-17-15-32/h3-9,11,13,18-20H,2,10,12,14-17H2,1H3,(H2,29,31,34). The lowest BCUT2D eigenvalue weighted by Crippen LogP contribution is -2.37. The van der Waals surface area contributed by atoms with Gasteiger partial charge in [-0.15, -0.1) is 0 Å². The summed E-state index contributed by atoms with van der Waals surface area (Å²) in [6, 6.07) is 20.7. The predicted octanol–water partition coefficient (Wildman–Crippen LogP) is 4.68. The van der Waals surface area contributed by atoms with Crippen LogP contribution in [0.25, 0.3) is 28.0 Å². The maximum Gasteiger partial charge on any atom is 0.319 e. The van der Waals surface area contributed by atoms with Gasteiger partial charge >= 0.3 is 6.03 Å². The number of carbonyl (C=O) groups excluding carboxylic acids is 1. The second-order valence-electron chi connectivity index (χ2n) is 8.75. The molecule has 1 aliphatic heterocycles. The van der Waals surface area contributed by atoms with E-state index in [1.807, 2.05) is 37.4 Å². The summed E-state index contributed by atoms with van der Waals surface area (Å²) in [4.78, 5) is 19.0. The van der Waals surface area contributed by atoms with Gasteiger partial charge in [-0.3, -0.25) is 9.30 Å². The summed E-state index contributed by atoms with van der Waals surface area (Å²) in [6.07, 6.45) is 4.99. The Bertz CT molecular complexity index is 1290. The van der Waals surface area contributed by atoms with Crippen LogP contribution >= 0.6 is 0 Å². The van der Waals surface area contributed by atoms with Crippen LogP contribution in [0.5, 0.6) is 0 Å². The number of rotatable bonds is 7. The smallest absolute Gasteiger partial charge is 0.319 e. The van der Waals surface area contributed by atoms with E-state index in [2.05, 4.69) is 67.5 Å². The predicted molar refractivity (Wildman–Crippen MR) is 140 cm³/mol. The van der Waals surface area contributed by atoms with Crippen molar-refractivity contribution in [2.45, 2.75) is 13.3 Å². The van der Waals surface area contributed by atoms with Crippen LogP contribution in [0.1, 0.15) is 12.5 Å². The summed E-state index contributed by atoms with van der Waals surface area (Å²) in [7, 11) is 0. The molecule has 0 spiro atoms. The van der Waals surface area contributed by atoms with Crippen LogP contribution in [0.4, 0.5) is 10.5 Å². The van der Waals surface area contributed by atoms with E-state index >= 15 is 0 Å². The first kappa shape index (κ1) is 23.1. The summed E-state index contributed by atoms with van der Waals surface area (Å²) >= 11 is 0. The van der Waals surface area contributed by atoms with E-state index in [4.69, 9.17) is 4.74 Å². The van der Waals surface area contributed by atoms with Crippen molar-refractivity contribution in [2.24, 2.45) is 0 Å². The third-order valence-electron chi connectivity index (χ3n) is 6.37. The Hall–Kier alpha value is -3.68. The highest BCUT2D eigenvalue weighted by Crippen LogP contribution is 2.27. The zero-order valence-electron chi connectivity index (χ0n) is 20.0. The SMILES string of the molecule is CCNC(=O)Nc1cccc(-c2cnc3cc(-c4ccc(CCN5CCOCC5)cc4)ccn23)c1. The van der Waals surface area contributed by atoms with Gasteiger partial charge in [-0.2, -0.15) is 0 Å². The highest BCUT2D eigenvalue weighted by Gasteiger charge is 2.11. The van der Waals surface area contributed by atoms with Gasteiger partial charge in [-0.05, 0) is 54.3 Å². The second-order valence-corrected chi connectivity index (χ2v) is 8.75. The van der Waals surface area contributed by atoms with E-state index in [-0.39, 0.29) is 6.03 Å². The van der Waals surface area contributed by atoms with Crippen molar-refractivity contribution in [3.8, 4) is 22.4 Å². The first-order valence-corrected chi connectivity index (χ1v) is 12.2. The molecule has 5 rings (SSSR count). The molecule has 1 saturated heterocycles. The molecule has 7 heteroatoms. The molecule has 180 valence electrons. The Labute approximate surface area is 205 Å². The Morgan fingerprint density at radius 2 is 1.83 bits per heavy atom. The fraction of sp³-hybridized carbons (Fsp3) is 0.286. The lowest BCUT2D eigenvalue weighted by molar-refractivity contribution is 0.0384. The van der Waals surface area contributed by atoms with E-state index in [0.717, 1.165) is 67.4 Å². The van der Waals surface area contributed by atoms with Crippen molar-refractivity contribution < 1.29 is 9.53 Å². The summed E-state index contributed by atoms with van der Waals surface area (Å²) in [6.45, 7) is 7.29. The molecule has 7 nitrogen and oxygen atoms in total. The number of benzene rings is 2. The number of amides is 2. The minimum Gasteiger partial charge on any atom is -0.379 e. The molecular weight excluding hydrogens is 438 g/mol. The second kappa shape index (κ2) is 10.7. The molecule has 1 fully saturated rings. The number of urea groups is 1. The highest BCUT2D eigenvalue weighted by molar-refractivity contribution is 5.90. The molecule has 2 amide bonds. The zero-order chi connectivity index (χ0) is 24.0. The number of anilines is 1. The fourth-order valence-electron chi connectivity index (χ4n) is 4.44. The average Bonchev–Trinajstić information content (AvgIpc) is 3.32. The maximum absolute atomic E-state index is 11.9. The molecule has 3 heterocycles. The molecule has 0 atom stereocenters. The normalized spacial score (nSPS) is 14.2. The van der Waals surface area contributed by atoms with Gasteiger partial charge in [0.05, 0.1) is 25.1 Å². The van der Waals surface area contributed by atoms with Crippen molar-refractivity contribution in [1.29, 1.82) is 0 Å². The van der Waals surface area contributed by atoms with Crippen LogP contribution < -0.4 is 10.6 Å². The Morgan fingerprint density at radius 3 is 2.63 bits per heavy atom. The quantitative estimate of drug-likeness (QED) is 0.412. The first-order valence-electron chi connectivity index (χ1n) is 12.2. The fourth-order valence-corrected chi connectivity index (χ4v) is 4.44. The van der Waals surface area contributed by atoms with Crippen LogP contribution in [0.3, 0.4) is 0 Å². The summed E-state index contributed by atoms with van der Waals surface area (Å²) in [5.41, 5.74) is 7.27. The largest absolute Gasteiger partial charge is 0.379 e. The van der Waals surface area contributed by atoms with Crippen molar-refractivity contribution in [3.63, 3.8) is 0 Å². The molecule has 0 bridgehead atoms. The van der Waals surface area contributed by atoms with Crippen molar-refractivity contribution in [1.82, 2.24) is 19.6 Å². The lowest BCUT2D eigenvalue weighted by Gasteiger charge is -2.26. The molecule has 4 aromatic rings. The summed E-state index contributed by atoms with van der Waals surface area (Å²) in [5, 5.41) is 5.62. The molecular formula is C28H31N5O2. The minimum atomic E-state index is -0.209. The van der Waals surface area contributed by atoms with Gasteiger partial charge in [0, 0.05) is 43.6 Å². The first-order chi connectivity index (χ1) is 17.2. The van der Waals surface area contributed by atoms with Gasteiger partial charge < -0.3 is 15.4 Å². The average molecular weight is 470 g/mol. The topological polar surface area (TPSA) is 70.9 Å². The Kier molecular flexibility index (Phi) is 7.07. The zero-order valence-corrected chi connectivity index (χ0v) is 20.0. The number of pyridine rings is 1. The lowest BCUT2D eigenvalue weighted by atomic mass is 10.0. The van der Waals surface area contributed by atoms with E-state index < -0.39 is 0 Å². The van der Waals surface area contributed by atoms with Gasteiger partial charge in [0.15, 0.2) is 0 Å². The number of hydrogen-bond donors (Lipinski definition) is 2. The Balaban J connectivity index is 1.30. The van der Waals surface area contributed by atoms with Gasteiger partial charge in [-0.1, -0.05) is 36.4 Å². The molecule has 0 saturated carbocycles. The van der Waals surface area contributed by atoms with E-state index in [1.54, 1.807) is 0 Å². The molecule has 35 heavy (non-hydrogen) atoms. The van der Waals surface area contributed by atoms with Crippen LogP contribution in [0.2, 0.25) is 0 Å². The molecule has 2 N–H and O–H groups in total. The van der Waals surface area contributed by atoms with Crippen LogP contribution in [0, 0.1) is 0 Å². The van der Waals surface area contributed by atoms with Crippen LogP contribution in [-0.2, 0) is 11.2 Å². The number of nitrogens with zero attached hydrogens (tertiary/aromatic N) is 3. The number of nitrogens with one attached hydrogen (secondary N) is 2. The summed E-state index contributed by atoms with van der Waals surface area (Å²) < 4.78 is 7.51. The van der Waals surface area contributed by atoms with E-state index in [0.29, 0.717) is 6.54 Å². The number of ether oxygens (including phenoxy) is 1. The van der Waals surface area contributed by atoms with Gasteiger partial charge in [0.25, 0.3) is 0 Å². The number of carbonyl (C=O) groups is 1. The number of imidazole rings is 1. The molecule has 0 radical (unpaired) electrons. The molecule has 0 aliphatic carbocycles.